The lowest BCUT2D eigenvalue weighted by molar-refractivity contribution is 0.0633. The number of carbonyl (C=O) groups excluding carboxylic acids is 1. The van der Waals surface area contributed by atoms with Crippen molar-refractivity contribution in [1.29, 1.82) is 0 Å². The quantitative estimate of drug-likeness (QED) is 0.804. The Hall–Kier alpha value is -2.21. The summed E-state index contributed by atoms with van der Waals surface area (Å²) in [7, 11) is 2.07. The van der Waals surface area contributed by atoms with Gasteiger partial charge in [-0.15, -0.1) is 0 Å². The van der Waals surface area contributed by atoms with Crippen molar-refractivity contribution in [3.8, 4) is 11.5 Å². The molecule has 0 unspecified atom stereocenters. The second kappa shape index (κ2) is 5.45. The number of fused-ring (bicyclic) bond motifs is 3. The van der Waals surface area contributed by atoms with E-state index >= 15 is 0 Å². The van der Waals surface area contributed by atoms with Gasteiger partial charge in [-0.25, -0.2) is 0 Å². The van der Waals surface area contributed by atoms with Gasteiger partial charge >= 0.3 is 0 Å². The molecule has 0 radical (unpaired) electrons. The van der Waals surface area contributed by atoms with Crippen LogP contribution in [-0.4, -0.2) is 62.1 Å². The Bertz CT molecular complexity index is 760. The zero-order valence-corrected chi connectivity index (χ0v) is 13.4. The normalized spacial score (nSPS) is 18.4. The number of carbonyl (C=O) groups is 1. The second-order valence-electron chi connectivity index (χ2n) is 6.12. The number of nitrogens with zero attached hydrogens (tertiary/aromatic N) is 2. The van der Waals surface area contributed by atoms with Crippen molar-refractivity contribution < 1.29 is 18.7 Å². The van der Waals surface area contributed by atoms with E-state index < -0.39 is 0 Å². The fourth-order valence-corrected chi connectivity index (χ4v) is 3.15. The molecule has 1 fully saturated rings. The molecule has 1 saturated heterocycles. The molecule has 1 aromatic carbocycles. The first-order valence-corrected chi connectivity index (χ1v) is 7.94. The van der Waals surface area contributed by atoms with E-state index in [1.54, 1.807) is 0 Å². The maximum atomic E-state index is 12.8. The van der Waals surface area contributed by atoms with Crippen molar-refractivity contribution >= 4 is 16.9 Å². The molecule has 23 heavy (non-hydrogen) atoms. The van der Waals surface area contributed by atoms with Crippen molar-refractivity contribution in [2.24, 2.45) is 0 Å². The van der Waals surface area contributed by atoms with E-state index in [0.717, 1.165) is 37.1 Å². The van der Waals surface area contributed by atoms with Crippen LogP contribution in [0.25, 0.3) is 11.0 Å². The first-order valence-electron chi connectivity index (χ1n) is 7.94. The van der Waals surface area contributed by atoms with Crippen molar-refractivity contribution in [3.05, 3.63) is 23.5 Å². The fraction of sp³-hybridized carbons (Fsp3) is 0.471. The van der Waals surface area contributed by atoms with Gasteiger partial charge in [0.2, 0.25) is 5.75 Å². The van der Waals surface area contributed by atoms with Gasteiger partial charge in [0.1, 0.15) is 13.2 Å². The Labute approximate surface area is 134 Å². The van der Waals surface area contributed by atoms with E-state index in [9.17, 15) is 4.79 Å². The molecule has 122 valence electrons. The highest BCUT2D eigenvalue weighted by Crippen LogP contribution is 2.41. The van der Waals surface area contributed by atoms with Crippen LogP contribution >= 0.6 is 0 Å². The van der Waals surface area contributed by atoms with Gasteiger partial charge in [0, 0.05) is 37.1 Å². The Morgan fingerprint density at radius 2 is 1.83 bits per heavy atom. The molecule has 0 saturated carbocycles. The highest BCUT2D eigenvalue weighted by Gasteiger charge is 2.28. The molecule has 6 nitrogen and oxygen atoms in total. The van der Waals surface area contributed by atoms with Gasteiger partial charge in [-0.1, -0.05) is 0 Å². The van der Waals surface area contributed by atoms with Crippen LogP contribution in [0.2, 0.25) is 0 Å². The summed E-state index contributed by atoms with van der Waals surface area (Å²) in [5.41, 5.74) is 1.47. The minimum Gasteiger partial charge on any atom is -0.486 e. The van der Waals surface area contributed by atoms with Gasteiger partial charge in [-0.3, -0.25) is 4.79 Å². The van der Waals surface area contributed by atoms with E-state index in [1.165, 1.54) is 0 Å². The lowest BCUT2D eigenvalue weighted by Gasteiger charge is -2.31. The SMILES string of the molecule is Cc1c(C(=O)N2CCN(C)CC2)oc2c3c(ccc12)OCCO3. The molecule has 2 aliphatic rings. The lowest BCUT2D eigenvalue weighted by atomic mass is 10.1. The summed E-state index contributed by atoms with van der Waals surface area (Å²) in [5.74, 6) is 1.65. The van der Waals surface area contributed by atoms with Crippen LogP contribution in [0.1, 0.15) is 16.1 Å². The van der Waals surface area contributed by atoms with E-state index in [1.807, 2.05) is 24.0 Å². The maximum absolute atomic E-state index is 12.8. The van der Waals surface area contributed by atoms with Gasteiger partial charge in [0.05, 0.1) is 0 Å². The third-order valence-corrected chi connectivity index (χ3v) is 4.60. The predicted octanol–water partition coefficient (Wildman–Crippen LogP) is 1.90. The van der Waals surface area contributed by atoms with Gasteiger partial charge in [-0.2, -0.15) is 0 Å². The minimum absolute atomic E-state index is 0.0442. The average molecular weight is 316 g/mol. The Morgan fingerprint density at radius 1 is 1.09 bits per heavy atom. The molecular formula is C17H20N2O4. The van der Waals surface area contributed by atoms with Crippen LogP contribution < -0.4 is 9.47 Å². The second-order valence-corrected chi connectivity index (χ2v) is 6.12. The largest absolute Gasteiger partial charge is 0.486 e. The fourth-order valence-electron chi connectivity index (χ4n) is 3.15. The summed E-state index contributed by atoms with van der Waals surface area (Å²) < 4.78 is 17.2. The molecule has 0 atom stereocenters. The van der Waals surface area contributed by atoms with Crippen LogP contribution in [0.5, 0.6) is 11.5 Å². The molecule has 2 aliphatic heterocycles. The standard InChI is InChI=1S/C17H20N2O4/c1-11-12-3-4-13-16(22-10-9-21-13)15(12)23-14(11)17(20)19-7-5-18(2)6-8-19/h3-4H,5-10H2,1-2H3. The molecule has 0 spiro atoms. The summed E-state index contributed by atoms with van der Waals surface area (Å²) in [5, 5.41) is 0.909. The number of hydrogen-bond donors (Lipinski definition) is 0. The van der Waals surface area contributed by atoms with E-state index in [-0.39, 0.29) is 5.91 Å². The molecule has 0 aliphatic carbocycles. The predicted molar refractivity (Wildman–Crippen MR) is 85.3 cm³/mol. The number of hydrogen-bond acceptors (Lipinski definition) is 5. The summed E-state index contributed by atoms with van der Waals surface area (Å²) in [6, 6.07) is 3.81. The zero-order chi connectivity index (χ0) is 16.0. The number of likely N-dealkylation sites (N-methyl/N-ethyl adjacent to an activating group) is 1. The molecule has 6 heteroatoms. The van der Waals surface area contributed by atoms with Gasteiger partial charge < -0.3 is 23.7 Å². The van der Waals surface area contributed by atoms with Gasteiger partial charge in [0.25, 0.3) is 5.91 Å². The zero-order valence-electron chi connectivity index (χ0n) is 13.4. The number of aryl methyl sites for hydroxylation is 1. The maximum Gasteiger partial charge on any atom is 0.289 e. The van der Waals surface area contributed by atoms with Crippen LogP contribution in [0.15, 0.2) is 16.5 Å². The van der Waals surface area contributed by atoms with Crippen LogP contribution in [-0.2, 0) is 0 Å². The molecule has 1 aromatic heterocycles. The van der Waals surface area contributed by atoms with Crippen molar-refractivity contribution in [2.75, 3.05) is 46.4 Å². The highest BCUT2D eigenvalue weighted by molar-refractivity contribution is 6.01. The van der Waals surface area contributed by atoms with Crippen LogP contribution in [0.4, 0.5) is 0 Å². The lowest BCUT2D eigenvalue weighted by Crippen LogP contribution is -2.47. The smallest absolute Gasteiger partial charge is 0.289 e. The molecule has 3 heterocycles. The first-order chi connectivity index (χ1) is 11.1. The number of rotatable bonds is 1. The number of benzene rings is 1. The number of amides is 1. The van der Waals surface area contributed by atoms with Crippen LogP contribution in [0, 0.1) is 6.92 Å². The summed E-state index contributed by atoms with van der Waals surface area (Å²) in [6.45, 7) is 6.17. The van der Waals surface area contributed by atoms with Crippen LogP contribution in [0.3, 0.4) is 0 Å². The number of piperazine rings is 1. The number of ether oxygens (including phenoxy) is 2. The molecular weight excluding hydrogens is 296 g/mol. The highest BCUT2D eigenvalue weighted by atomic mass is 16.6. The molecule has 2 aromatic rings. The molecule has 1 amide bonds. The van der Waals surface area contributed by atoms with Crippen molar-refractivity contribution in [1.82, 2.24) is 9.80 Å². The minimum atomic E-state index is -0.0442. The molecule has 4 rings (SSSR count). The van der Waals surface area contributed by atoms with Crippen molar-refractivity contribution in [2.45, 2.75) is 6.92 Å². The van der Waals surface area contributed by atoms with E-state index in [2.05, 4.69) is 11.9 Å². The Balaban J connectivity index is 1.73. The third kappa shape index (κ3) is 2.34. The number of furan rings is 1. The summed E-state index contributed by atoms with van der Waals surface area (Å²) in [6.07, 6.45) is 0. The monoisotopic (exact) mass is 316 g/mol. The Morgan fingerprint density at radius 3 is 2.61 bits per heavy atom. The topological polar surface area (TPSA) is 55.2 Å². The molecule has 0 bridgehead atoms. The van der Waals surface area contributed by atoms with E-state index in [0.29, 0.717) is 36.1 Å². The van der Waals surface area contributed by atoms with Gasteiger partial charge in [0.15, 0.2) is 17.1 Å². The summed E-state index contributed by atoms with van der Waals surface area (Å²) in [4.78, 5) is 16.9. The van der Waals surface area contributed by atoms with E-state index in [4.69, 9.17) is 13.9 Å². The molecule has 0 N–H and O–H groups in total. The third-order valence-electron chi connectivity index (χ3n) is 4.60. The Kier molecular flexibility index (Phi) is 3.41. The van der Waals surface area contributed by atoms with Crippen molar-refractivity contribution in [3.63, 3.8) is 0 Å². The average Bonchev–Trinajstić information content (AvgIpc) is 2.92. The first kappa shape index (κ1) is 14.4. The van der Waals surface area contributed by atoms with Gasteiger partial charge in [-0.05, 0) is 26.1 Å². The summed E-state index contributed by atoms with van der Waals surface area (Å²) >= 11 is 0.